The van der Waals surface area contributed by atoms with E-state index in [4.69, 9.17) is 5.11 Å². The Bertz CT molecular complexity index is 479. The van der Waals surface area contributed by atoms with Gasteiger partial charge in [-0.15, -0.1) is 0 Å². The van der Waals surface area contributed by atoms with Gasteiger partial charge in [0.2, 0.25) is 0 Å². The fourth-order valence-corrected chi connectivity index (χ4v) is 2.82. The van der Waals surface area contributed by atoms with Crippen molar-refractivity contribution in [1.82, 2.24) is 15.5 Å². The number of rotatable bonds is 7. The summed E-state index contributed by atoms with van der Waals surface area (Å²) < 4.78 is 0. The van der Waals surface area contributed by atoms with Crippen LogP contribution in [-0.2, 0) is 13.0 Å². The number of urea groups is 1. The largest absolute Gasteiger partial charge is 0.396 e. The second-order valence-corrected chi connectivity index (χ2v) is 5.96. The van der Waals surface area contributed by atoms with Crippen molar-refractivity contribution < 1.29 is 9.90 Å². The number of carbonyl (C=O) groups is 1. The van der Waals surface area contributed by atoms with Crippen LogP contribution in [0.15, 0.2) is 24.3 Å². The molecule has 1 unspecified atom stereocenters. The quantitative estimate of drug-likeness (QED) is 0.715. The summed E-state index contributed by atoms with van der Waals surface area (Å²) in [4.78, 5) is 14.1. The molecule has 5 heteroatoms. The van der Waals surface area contributed by atoms with Crippen molar-refractivity contribution in [3.8, 4) is 0 Å². The number of nitrogens with zero attached hydrogens (tertiary/aromatic N) is 1. The van der Waals surface area contributed by atoms with Gasteiger partial charge >= 0.3 is 6.03 Å². The highest BCUT2D eigenvalue weighted by atomic mass is 16.3. The summed E-state index contributed by atoms with van der Waals surface area (Å²) in [7, 11) is 0. The minimum absolute atomic E-state index is 0.0917. The molecule has 22 heavy (non-hydrogen) atoms. The normalized spacial score (nSPS) is 15.9. The third-order valence-corrected chi connectivity index (χ3v) is 4.10. The van der Waals surface area contributed by atoms with E-state index in [1.54, 1.807) is 0 Å². The number of hydrogen-bond donors (Lipinski definition) is 3. The summed E-state index contributed by atoms with van der Waals surface area (Å²) >= 11 is 0. The monoisotopic (exact) mass is 305 g/mol. The molecule has 1 aliphatic rings. The van der Waals surface area contributed by atoms with Crippen LogP contribution in [-0.4, -0.2) is 48.3 Å². The molecule has 0 aliphatic carbocycles. The summed E-state index contributed by atoms with van der Waals surface area (Å²) in [5, 5.41) is 14.6. The zero-order valence-corrected chi connectivity index (χ0v) is 13.3. The maximum absolute atomic E-state index is 11.8. The van der Waals surface area contributed by atoms with Gasteiger partial charge in [0.05, 0.1) is 0 Å². The predicted octanol–water partition coefficient (Wildman–Crippen LogP) is 1.50. The van der Waals surface area contributed by atoms with E-state index in [-0.39, 0.29) is 18.7 Å². The van der Waals surface area contributed by atoms with E-state index in [1.807, 2.05) is 6.92 Å². The van der Waals surface area contributed by atoms with Gasteiger partial charge in [-0.25, -0.2) is 4.79 Å². The molecule has 1 aromatic carbocycles. The van der Waals surface area contributed by atoms with Gasteiger partial charge in [-0.3, -0.25) is 4.90 Å². The molecule has 0 saturated heterocycles. The first-order valence-electron chi connectivity index (χ1n) is 8.13. The minimum Gasteiger partial charge on any atom is -0.396 e. The molecular weight excluding hydrogens is 278 g/mol. The van der Waals surface area contributed by atoms with E-state index in [2.05, 4.69) is 39.8 Å². The Kier molecular flexibility index (Phi) is 6.68. The number of nitrogens with one attached hydrogen (secondary N) is 2. The smallest absolute Gasteiger partial charge is 0.315 e. The maximum Gasteiger partial charge on any atom is 0.315 e. The maximum atomic E-state index is 11.8. The lowest BCUT2D eigenvalue weighted by Gasteiger charge is -2.28. The second kappa shape index (κ2) is 8.76. The average molecular weight is 305 g/mol. The summed E-state index contributed by atoms with van der Waals surface area (Å²) in [5.74, 6) is 0. The molecular formula is C17H27N3O2. The molecule has 0 spiro atoms. The van der Waals surface area contributed by atoms with Crippen LogP contribution in [0.2, 0.25) is 0 Å². The van der Waals surface area contributed by atoms with Crippen LogP contribution < -0.4 is 10.6 Å². The van der Waals surface area contributed by atoms with E-state index in [0.717, 1.165) is 32.5 Å². The van der Waals surface area contributed by atoms with Crippen LogP contribution >= 0.6 is 0 Å². The number of fused-ring (bicyclic) bond motifs is 1. The zero-order valence-electron chi connectivity index (χ0n) is 13.3. The molecule has 2 rings (SSSR count). The van der Waals surface area contributed by atoms with Crippen molar-refractivity contribution in [3.05, 3.63) is 35.4 Å². The number of amides is 2. The lowest BCUT2D eigenvalue weighted by molar-refractivity contribution is 0.226. The topological polar surface area (TPSA) is 64.6 Å². The number of aliphatic hydroxyl groups excluding tert-OH is 1. The van der Waals surface area contributed by atoms with Crippen molar-refractivity contribution in [2.45, 2.75) is 38.8 Å². The summed E-state index contributed by atoms with van der Waals surface area (Å²) in [5.41, 5.74) is 2.85. The number of hydrogen-bond acceptors (Lipinski definition) is 3. The van der Waals surface area contributed by atoms with Gasteiger partial charge in [0.1, 0.15) is 0 Å². The van der Waals surface area contributed by atoms with Crippen molar-refractivity contribution in [2.24, 2.45) is 0 Å². The molecule has 0 fully saturated rings. The fourth-order valence-electron chi connectivity index (χ4n) is 2.82. The third-order valence-electron chi connectivity index (χ3n) is 4.10. The zero-order chi connectivity index (χ0) is 15.8. The van der Waals surface area contributed by atoms with Gasteiger partial charge in [-0.1, -0.05) is 24.3 Å². The van der Waals surface area contributed by atoms with Crippen molar-refractivity contribution in [2.75, 3.05) is 26.2 Å². The van der Waals surface area contributed by atoms with Crippen LogP contribution in [0.3, 0.4) is 0 Å². The molecule has 1 aliphatic heterocycles. The van der Waals surface area contributed by atoms with E-state index >= 15 is 0 Å². The molecule has 3 N–H and O–H groups in total. The Morgan fingerprint density at radius 1 is 1.36 bits per heavy atom. The van der Waals surface area contributed by atoms with Crippen LogP contribution in [0.1, 0.15) is 30.9 Å². The van der Waals surface area contributed by atoms with Gasteiger partial charge in [-0.2, -0.15) is 0 Å². The van der Waals surface area contributed by atoms with E-state index in [0.29, 0.717) is 13.0 Å². The first kappa shape index (κ1) is 16.8. The van der Waals surface area contributed by atoms with E-state index in [1.165, 1.54) is 11.1 Å². The lowest BCUT2D eigenvalue weighted by Crippen LogP contribution is -2.44. The van der Waals surface area contributed by atoms with E-state index in [9.17, 15) is 4.79 Å². The van der Waals surface area contributed by atoms with Crippen LogP contribution in [0, 0.1) is 0 Å². The lowest BCUT2D eigenvalue weighted by atomic mass is 10.00. The molecule has 122 valence electrons. The van der Waals surface area contributed by atoms with Gasteiger partial charge in [0.15, 0.2) is 0 Å². The van der Waals surface area contributed by atoms with Crippen molar-refractivity contribution in [1.29, 1.82) is 0 Å². The van der Waals surface area contributed by atoms with Crippen LogP contribution in [0.5, 0.6) is 0 Å². The Labute approximate surface area is 132 Å². The van der Waals surface area contributed by atoms with Gasteiger partial charge in [0.25, 0.3) is 0 Å². The molecule has 2 amide bonds. The molecule has 1 aromatic rings. The van der Waals surface area contributed by atoms with Crippen LogP contribution in [0.4, 0.5) is 4.79 Å². The van der Waals surface area contributed by atoms with Gasteiger partial charge in [0, 0.05) is 38.8 Å². The summed E-state index contributed by atoms with van der Waals surface area (Å²) in [6.07, 6.45) is 2.60. The number of benzene rings is 1. The van der Waals surface area contributed by atoms with Gasteiger partial charge < -0.3 is 15.7 Å². The fraction of sp³-hybridized carbons (Fsp3) is 0.588. The number of aliphatic hydroxyl groups is 1. The molecule has 5 nitrogen and oxygen atoms in total. The third kappa shape index (κ3) is 5.31. The first-order valence-corrected chi connectivity index (χ1v) is 8.13. The Morgan fingerprint density at radius 3 is 2.91 bits per heavy atom. The Balaban J connectivity index is 1.64. The van der Waals surface area contributed by atoms with E-state index < -0.39 is 0 Å². The highest BCUT2D eigenvalue weighted by Crippen LogP contribution is 2.17. The highest BCUT2D eigenvalue weighted by Gasteiger charge is 2.15. The highest BCUT2D eigenvalue weighted by molar-refractivity contribution is 5.74. The van der Waals surface area contributed by atoms with Crippen LogP contribution in [0.25, 0.3) is 0 Å². The van der Waals surface area contributed by atoms with Gasteiger partial charge in [-0.05, 0) is 37.3 Å². The molecule has 0 bridgehead atoms. The van der Waals surface area contributed by atoms with Crippen molar-refractivity contribution in [3.63, 3.8) is 0 Å². The van der Waals surface area contributed by atoms with Crippen molar-refractivity contribution >= 4 is 6.03 Å². The summed E-state index contributed by atoms with van der Waals surface area (Å²) in [6.45, 7) is 5.66. The first-order chi connectivity index (χ1) is 10.7. The Morgan fingerprint density at radius 2 is 2.14 bits per heavy atom. The SMILES string of the molecule is CC(CCCO)NC(=O)NCCN1CCc2ccccc2C1. The standard InChI is InChI=1S/C17H27N3O2/c1-14(5-4-12-21)19-17(22)18-9-11-20-10-8-15-6-2-3-7-16(15)13-20/h2-3,6-7,14,21H,4-5,8-13H2,1H3,(H2,18,19,22). The molecule has 0 saturated carbocycles. The Hall–Kier alpha value is -1.59. The minimum atomic E-state index is -0.122. The second-order valence-electron chi connectivity index (χ2n) is 5.96. The molecule has 0 radical (unpaired) electrons. The average Bonchev–Trinajstić information content (AvgIpc) is 2.52. The molecule has 1 heterocycles. The predicted molar refractivity (Wildman–Crippen MR) is 87.7 cm³/mol. The molecule has 1 atom stereocenters. The summed E-state index contributed by atoms with van der Waals surface area (Å²) in [6, 6.07) is 8.54. The molecule has 0 aromatic heterocycles. The number of carbonyl (C=O) groups excluding carboxylic acids is 1.